The Labute approximate surface area is 130 Å². The fourth-order valence-corrected chi connectivity index (χ4v) is 4.12. The van der Waals surface area contributed by atoms with Gasteiger partial charge in [-0.1, -0.05) is 0 Å². The van der Waals surface area contributed by atoms with Gasteiger partial charge in [0.05, 0.1) is 0 Å². The number of halogens is 3. The van der Waals surface area contributed by atoms with E-state index in [1.165, 1.54) is 4.31 Å². The first-order valence-corrected chi connectivity index (χ1v) is 7.99. The molecule has 1 aliphatic rings. The summed E-state index contributed by atoms with van der Waals surface area (Å²) >= 11 is 0. The van der Waals surface area contributed by atoms with E-state index >= 15 is 0 Å². The lowest BCUT2D eigenvalue weighted by Crippen LogP contribution is -2.42. The molecule has 1 aliphatic heterocycles. The number of hydrogen-bond acceptors (Lipinski definition) is 3. The Kier molecular flexibility index (Phi) is 6.52. The van der Waals surface area contributed by atoms with Gasteiger partial charge in [0, 0.05) is 19.2 Å². The van der Waals surface area contributed by atoms with Crippen LogP contribution in [-0.2, 0) is 10.0 Å². The van der Waals surface area contributed by atoms with E-state index in [9.17, 15) is 17.2 Å². The number of benzene rings is 1. The van der Waals surface area contributed by atoms with Crippen molar-refractivity contribution >= 4 is 22.4 Å². The standard InChI is InChI=1S/C13H18F2N2O2S.ClH/c1-16-8-10-3-2-6-17(9-10)20(18,19)13-5-4-11(14)7-12(13)15;/h4-5,7,10,16H,2-3,6,8-9H2,1H3;1H. The molecule has 0 aliphatic carbocycles. The van der Waals surface area contributed by atoms with Crippen molar-refractivity contribution in [2.75, 3.05) is 26.7 Å². The molecule has 1 atom stereocenters. The molecule has 0 radical (unpaired) electrons. The fraction of sp³-hybridized carbons (Fsp3) is 0.538. The lowest BCUT2D eigenvalue weighted by atomic mass is 10.00. The summed E-state index contributed by atoms with van der Waals surface area (Å²) in [7, 11) is -2.08. The van der Waals surface area contributed by atoms with Gasteiger partial charge in [0.1, 0.15) is 16.5 Å². The van der Waals surface area contributed by atoms with Crippen LogP contribution < -0.4 is 5.32 Å². The summed E-state index contributed by atoms with van der Waals surface area (Å²) in [6.45, 7) is 1.46. The topological polar surface area (TPSA) is 49.4 Å². The first kappa shape index (κ1) is 18.3. The summed E-state index contributed by atoms with van der Waals surface area (Å²) in [5.41, 5.74) is 0. The van der Waals surface area contributed by atoms with Crippen molar-refractivity contribution in [3.8, 4) is 0 Å². The van der Waals surface area contributed by atoms with Gasteiger partial charge >= 0.3 is 0 Å². The Morgan fingerprint density at radius 2 is 2.10 bits per heavy atom. The largest absolute Gasteiger partial charge is 0.319 e. The van der Waals surface area contributed by atoms with Crippen LogP contribution in [0.1, 0.15) is 12.8 Å². The molecule has 0 saturated carbocycles. The van der Waals surface area contributed by atoms with Gasteiger partial charge in [-0.25, -0.2) is 17.2 Å². The highest BCUT2D eigenvalue weighted by Gasteiger charge is 2.31. The highest BCUT2D eigenvalue weighted by Crippen LogP contribution is 2.25. The van der Waals surface area contributed by atoms with Crippen LogP contribution in [0.5, 0.6) is 0 Å². The number of nitrogens with zero attached hydrogens (tertiary/aromatic N) is 1. The molecule has 0 bridgehead atoms. The Morgan fingerprint density at radius 1 is 1.38 bits per heavy atom. The molecule has 1 saturated heterocycles. The average molecular weight is 341 g/mol. The normalized spacial score (nSPS) is 20.0. The first-order valence-electron chi connectivity index (χ1n) is 6.55. The number of hydrogen-bond donors (Lipinski definition) is 1. The quantitative estimate of drug-likeness (QED) is 0.912. The molecule has 4 nitrogen and oxygen atoms in total. The molecule has 8 heteroatoms. The minimum Gasteiger partial charge on any atom is -0.319 e. The van der Waals surface area contributed by atoms with Crippen LogP contribution >= 0.6 is 12.4 Å². The number of sulfonamides is 1. The average Bonchev–Trinajstić information content (AvgIpc) is 2.39. The SMILES string of the molecule is CNCC1CCCN(S(=O)(=O)c2ccc(F)cc2F)C1.Cl. The predicted octanol–water partition coefficient (Wildman–Crippen LogP) is 2.01. The highest BCUT2D eigenvalue weighted by atomic mass is 35.5. The predicted molar refractivity (Wildman–Crippen MR) is 79.0 cm³/mol. The zero-order valence-electron chi connectivity index (χ0n) is 11.7. The number of rotatable bonds is 4. The molecule has 21 heavy (non-hydrogen) atoms. The molecule has 1 aromatic rings. The third kappa shape index (κ3) is 4.12. The van der Waals surface area contributed by atoms with Gasteiger partial charge in [-0.2, -0.15) is 4.31 Å². The van der Waals surface area contributed by atoms with E-state index in [2.05, 4.69) is 5.32 Å². The monoisotopic (exact) mass is 340 g/mol. The van der Waals surface area contributed by atoms with Crippen LogP contribution in [0.2, 0.25) is 0 Å². The summed E-state index contributed by atoms with van der Waals surface area (Å²) in [6.07, 6.45) is 1.69. The second-order valence-electron chi connectivity index (χ2n) is 5.00. The molecule has 0 spiro atoms. The van der Waals surface area contributed by atoms with Crippen LogP contribution in [0.3, 0.4) is 0 Å². The lowest BCUT2D eigenvalue weighted by Gasteiger charge is -2.31. The van der Waals surface area contributed by atoms with Gasteiger partial charge in [-0.15, -0.1) is 12.4 Å². The molecule has 1 fully saturated rings. The maximum Gasteiger partial charge on any atom is 0.245 e. The Balaban J connectivity index is 0.00000220. The minimum absolute atomic E-state index is 0. The molecule has 0 amide bonds. The van der Waals surface area contributed by atoms with Crippen LogP contribution in [0, 0.1) is 17.6 Å². The van der Waals surface area contributed by atoms with Gasteiger partial charge in [-0.05, 0) is 44.5 Å². The maximum absolute atomic E-state index is 13.7. The summed E-state index contributed by atoms with van der Waals surface area (Å²) < 4.78 is 52.7. The molecule has 1 heterocycles. The van der Waals surface area contributed by atoms with Crippen molar-refractivity contribution in [3.05, 3.63) is 29.8 Å². The molecule has 0 aromatic heterocycles. The van der Waals surface area contributed by atoms with Gasteiger partial charge < -0.3 is 5.32 Å². The zero-order valence-corrected chi connectivity index (χ0v) is 13.3. The Hall–Kier alpha value is -0.760. The molecular weight excluding hydrogens is 322 g/mol. The Morgan fingerprint density at radius 3 is 2.71 bits per heavy atom. The fourth-order valence-electron chi connectivity index (χ4n) is 2.52. The van der Waals surface area contributed by atoms with Gasteiger partial charge in [0.2, 0.25) is 10.0 Å². The van der Waals surface area contributed by atoms with Crippen LogP contribution in [0.15, 0.2) is 23.1 Å². The van der Waals surface area contributed by atoms with E-state index in [0.29, 0.717) is 19.2 Å². The number of nitrogens with one attached hydrogen (secondary N) is 1. The maximum atomic E-state index is 13.7. The van der Waals surface area contributed by atoms with E-state index in [4.69, 9.17) is 0 Å². The zero-order chi connectivity index (χ0) is 14.8. The molecule has 1 aromatic carbocycles. The molecule has 1 N–H and O–H groups in total. The van der Waals surface area contributed by atoms with E-state index in [1.807, 2.05) is 7.05 Å². The summed E-state index contributed by atoms with van der Waals surface area (Å²) in [4.78, 5) is -0.455. The van der Waals surface area contributed by atoms with Crippen molar-refractivity contribution in [1.82, 2.24) is 9.62 Å². The minimum atomic E-state index is -3.90. The van der Waals surface area contributed by atoms with Crippen molar-refractivity contribution in [3.63, 3.8) is 0 Å². The molecular formula is C13H19ClF2N2O2S. The van der Waals surface area contributed by atoms with E-state index in [-0.39, 0.29) is 18.3 Å². The van der Waals surface area contributed by atoms with Crippen LogP contribution in [0.4, 0.5) is 8.78 Å². The van der Waals surface area contributed by atoms with Gasteiger partial charge in [0.25, 0.3) is 0 Å². The molecule has 120 valence electrons. The summed E-state index contributed by atoms with van der Waals surface area (Å²) in [6, 6.07) is 2.55. The lowest BCUT2D eigenvalue weighted by molar-refractivity contribution is 0.262. The third-order valence-corrected chi connectivity index (χ3v) is 5.38. The Bertz CT molecular complexity index is 582. The second-order valence-corrected chi connectivity index (χ2v) is 6.91. The van der Waals surface area contributed by atoms with Crippen molar-refractivity contribution < 1.29 is 17.2 Å². The van der Waals surface area contributed by atoms with Gasteiger partial charge in [0.15, 0.2) is 0 Å². The van der Waals surface area contributed by atoms with E-state index < -0.39 is 26.6 Å². The van der Waals surface area contributed by atoms with E-state index in [1.54, 1.807) is 0 Å². The molecule has 2 rings (SSSR count). The van der Waals surface area contributed by atoms with Crippen molar-refractivity contribution in [2.24, 2.45) is 5.92 Å². The van der Waals surface area contributed by atoms with Gasteiger partial charge in [-0.3, -0.25) is 0 Å². The van der Waals surface area contributed by atoms with Crippen molar-refractivity contribution in [1.29, 1.82) is 0 Å². The van der Waals surface area contributed by atoms with Crippen LogP contribution in [-0.4, -0.2) is 39.4 Å². The summed E-state index contributed by atoms with van der Waals surface area (Å²) in [5, 5.41) is 3.02. The third-order valence-electron chi connectivity index (χ3n) is 3.49. The van der Waals surface area contributed by atoms with Crippen molar-refractivity contribution in [2.45, 2.75) is 17.7 Å². The van der Waals surface area contributed by atoms with Crippen LogP contribution in [0.25, 0.3) is 0 Å². The van der Waals surface area contributed by atoms with E-state index in [0.717, 1.165) is 31.5 Å². The smallest absolute Gasteiger partial charge is 0.245 e. The first-order chi connectivity index (χ1) is 9.45. The number of piperidine rings is 1. The molecule has 1 unspecified atom stereocenters. The summed E-state index contributed by atoms with van der Waals surface area (Å²) in [5.74, 6) is -1.61. The highest BCUT2D eigenvalue weighted by molar-refractivity contribution is 7.89. The second kappa shape index (κ2) is 7.49.